The average Bonchev–Trinajstić information content (AvgIpc) is 2.77. The third-order valence-electron chi connectivity index (χ3n) is 5.02. The first-order valence-electron chi connectivity index (χ1n) is 10.3. The molecule has 1 N–H and O–H groups in total. The van der Waals surface area contributed by atoms with Gasteiger partial charge in [0.2, 0.25) is 0 Å². The zero-order valence-electron chi connectivity index (χ0n) is 18.3. The predicted molar refractivity (Wildman–Crippen MR) is 122 cm³/mol. The van der Waals surface area contributed by atoms with Crippen molar-refractivity contribution in [3.63, 3.8) is 0 Å². The van der Waals surface area contributed by atoms with Crippen LogP contribution in [0.2, 0.25) is 0 Å². The molecule has 3 aromatic rings. The van der Waals surface area contributed by atoms with Crippen LogP contribution in [0.1, 0.15) is 30.5 Å². The van der Waals surface area contributed by atoms with Gasteiger partial charge in [-0.05, 0) is 41.7 Å². The lowest BCUT2D eigenvalue weighted by Gasteiger charge is -2.20. The van der Waals surface area contributed by atoms with Crippen molar-refractivity contribution in [3.05, 3.63) is 77.1 Å². The first-order chi connectivity index (χ1) is 15.0. The minimum Gasteiger partial charge on any atom is -0.492 e. The Kier molecular flexibility index (Phi) is 7.15. The van der Waals surface area contributed by atoms with Crippen LogP contribution in [0.5, 0.6) is 11.5 Å². The number of rotatable bonds is 8. The summed E-state index contributed by atoms with van der Waals surface area (Å²) in [5.41, 5.74) is 3.36. The minimum absolute atomic E-state index is 0.0495. The number of benzene rings is 3. The van der Waals surface area contributed by atoms with Crippen LogP contribution < -0.4 is 14.8 Å². The van der Waals surface area contributed by atoms with Gasteiger partial charge in [0, 0.05) is 12.1 Å². The van der Waals surface area contributed by atoms with Gasteiger partial charge in [0.1, 0.15) is 18.4 Å². The molecule has 0 aliphatic heterocycles. The number of nitrogens with one attached hydrogen (secondary N) is 1. The molecule has 3 rings (SSSR count). The average molecular weight is 419 g/mol. The molecule has 0 spiro atoms. The molecule has 5 heteroatoms. The largest absolute Gasteiger partial charge is 0.492 e. The van der Waals surface area contributed by atoms with Crippen LogP contribution in [-0.2, 0) is 6.61 Å². The van der Waals surface area contributed by atoms with Crippen molar-refractivity contribution in [2.24, 2.45) is 5.92 Å². The Morgan fingerprint density at radius 2 is 1.84 bits per heavy atom. The third-order valence-corrected chi connectivity index (χ3v) is 5.02. The standard InChI is InChI=1S/C26H27FN2O2/c1-17(2)15-29-25-22(14-28)18(3)23(24(27)26(25)30-4)20-11-8-12-21(13-20)31-16-19-9-6-5-7-10-19/h5-13,17,29H,15-16H2,1-4H3. The lowest BCUT2D eigenvalue weighted by Crippen LogP contribution is -2.12. The summed E-state index contributed by atoms with van der Waals surface area (Å²) in [6.07, 6.45) is 0. The Hall–Kier alpha value is -3.52. The first-order valence-corrected chi connectivity index (χ1v) is 10.3. The van der Waals surface area contributed by atoms with Crippen LogP contribution in [-0.4, -0.2) is 13.7 Å². The van der Waals surface area contributed by atoms with E-state index >= 15 is 4.39 Å². The van der Waals surface area contributed by atoms with Crippen LogP contribution in [0.3, 0.4) is 0 Å². The van der Waals surface area contributed by atoms with E-state index < -0.39 is 5.82 Å². The maximum absolute atomic E-state index is 15.6. The van der Waals surface area contributed by atoms with Gasteiger partial charge >= 0.3 is 0 Å². The highest BCUT2D eigenvalue weighted by molar-refractivity contribution is 5.81. The van der Waals surface area contributed by atoms with E-state index in [2.05, 4.69) is 11.4 Å². The van der Waals surface area contributed by atoms with Crippen LogP contribution in [0, 0.1) is 30.0 Å². The van der Waals surface area contributed by atoms with E-state index in [1.807, 2.05) is 62.4 Å². The van der Waals surface area contributed by atoms with E-state index in [1.54, 1.807) is 13.0 Å². The van der Waals surface area contributed by atoms with Gasteiger partial charge in [0.15, 0.2) is 11.6 Å². The lowest BCUT2D eigenvalue weighted by atomic mass is 9.93. The Labute approximate surface area is 183 Å². The zero-order valence-corrected chi connectivity index (χ0v) is 18.3. The molecule has 0 bridgehead atoms. The van der Waals surface area contributed by atoms with Crippen molar-refractivity contribution in [1.29, 1.82) is 5.26 Å². The Bertz CT molecular complexity index is 1090. The molecule has 31 heavy (non-hydrogen) atoms. The summed E-state index contributed by atoms with van der Waals surface area (Å²) in [7, 11) is 1.42. The highest BCUT2D eigenvalue weighted by Crippen LogP contribution is 2.42. The van der Waals surface area contributed by atoms with Crippen LogP contribution in [0.25, 0.3) is 11.1 Å². The minimum atomic E-state index is -0.495. The number of nitrogens with zero attached hydrogens (tertiary/aromatic N) is 1. The molecule has 0 fully saturated rings. The van der Waals surface area contributed by atoms with Crippen molar-refractivity contribution < 1.29 is 13.9 Å². The Balaban J connectivity index is 2.01. The number of ether oxygens (including phenoxy) is 2. The number of methoxy groups -OCH3 is 1. The van der Waals surface area contributed by atoms with Gasteiger partial charge in [0.05, 0.1) is 18.4 Å². The van der Waals surface area contributed by atoms with E-state index in [1.165, 1.54) is 7.11 Å². The van der Waals surface area contributed by atoms with Crippen molar-refractivity contribution in [1.82, 2.24) is 0 Å². The van der Waals surface area contributed by atoms with Crippen LogP contribution >= 0.6 is 0 Å². The molecule has 0 saturated carbocycles. The fourth-order valence-electron chi connectivity index (χ4n) is 3.45. The molecule has 0 aromatic heterocycles. The summed E-state index contributed by atoms with van der Waals surface area (Å²) in [5, 5.41) is 13.0. The Morgan fingerprint density at radius 1 is 1.10 bits per heavy atom. The fourth-order valence-corrected chi connectivity index (χ4v) is 3.45. The molecule has 0 aliphatic carbocycles. The third kappa shape index (κ3) is 4.97. The fraction of sp³-hybridized carbons (Fsp3) is 0.269. The van der Waals surface area contributed by atoms with Crippen LogP contribution in [0.15, 0.2) is 54.6 Å². The summed E-state index contributed by atoms with van der Waals surface area (Å²) < 4.78 is 26.9. The van der Waals surface area contributed by atoms with Gasteiger partial charge in [-0.15, -0.1) is 0 Å². The van der Waals surface area contributed by atoms with Gasteiger partial charge in [0.25, 0.3) is 0 Å². The first kappa shape index (κ1) is 22.2. The van der Waals surface area contributed by atoms with E-state index in [0.29, 0.717) is 52.8 Å². The summed E-state index contributed by atoms with van der Waals surface area (Å²) in [4.78, 5) is 0. The van der Waals surface area contributed by atoms with E-state index in [0.717, 1.165) is 5.56 Å². The summed E-state index contributed by atoms with van der Waals surface area (Å²) in [6.45, 7) is 6.87. The molecule has 0 amide bonds. The Morgan fingerprint density at radius 3 is 2.48 bits per heavy atom. The number of anilines is 1. The second-order valence-corrected chi connectivity index (χ2v) is 7.79. The highest BCUT2D eigenvalue weighted by atomic mass is 19.1. The van der Waals surface area contributed by atoms with Gasteiger partial charge in [-0.1, -0.05) is 56.3 Å². The molecular weight excluding hydrogens is 391 g/mol. The second kappa shape index (κ2) is 9.99. The van der Waals surface area contributed by atoms with Crippen molar-refractivity contribution in [3.8, 4) is 28.7 Å². The number of hydrogen-bond donors (Lipinski definition) is 1. The van der Waals surface area contributed by atoms with E-state index in [-0.39, 0.29) is 5.75 Å². The molecule has 160 valence electrons. The maximum atomic E-state index is 15.6. The summed E-state index contributed by atoms with van der Waals surface area (Å²) >= 11 is 0. The number of hydrogen-bond acceptors (Lipinski definition) is 4. The molecule has 0 atom stereocenters. The molecule has 0 unspecified atom stereocenters. The molecule has 0 aliphatic rings. The van der Waals surface area contributed by atoms with E-state index in [9.17, 15) is 5.26 Å². The van der Waals surface area contributed by atoms with Crippen LogP contribution in [0.4, 0.5) is 10.1 Å². The van der Waals surface area contributed by atoms with Crippen molar-refractivity contribution >= 4 is 5.69 Å². The molecule has 0 radical (unpaired) electrons. The maximum Gasteiger partial charge on any atom is 0.179 e. The monoisotopic (exact) mass is 418 g/mol. The topological polar surface area (TPSA) is 54.3 Å². The number of halogens is 1. The lowest BCUT2D eigenvalue weighted by molar-refractivity contribution is 0.306. The predicted octanol–water partition coefficient (Wildman–Crippen LogP) is 6.33. The zero-order chi connectivity index (χ0) is 22.4. The quantitative estimate of drug-likeness (QED) is 0.464. The van der Waals surface area contributed by atoms with E-state index in [4.69, 9.17) is 9.47 Å². The second-order valence-electron chi connectivity index (χ2n) is 7.79. The van der Waals surface area contributed by atoms with Crippen molar-refractivity contribution in [2.45, 2.75) is 27.4 Å². The smallest absolute Gasteiger partial charge is 0.179 e. The molecule has 4 nitrogen and oxygen atoms in total. The molecule has 3 aromatic carbocycles. The molecular formula is C26H27FN2O2. The summed E-state index contributed by atoms with van der Waals surface area (Å²) in [6, 6.07) is 19.3. The summed E-state index contributed by atoms with van der Waals surface area (Å²) in [5.74, 6) is 0.510. The molecule has 0 heterocycles. The van der Waals surface area contributed by atoms with Gasteiger partial charge < -0.3 is 14.8 Å². The van der Waals surface area contributed by atoms with Gasteiger partial charge in [-0.25, -0.2) is 4.39 Å². The molecule has 0 saturated heterocycles. The van der Waals surface area contributed by atoms with Gasteiger partial charge in [-0.2, -0.15) is 5.26 Å². The SMILES string of the molecule is COc1c(F)c(-c2cccc(OCc3ccccc3)c2)c(C)c(C#N)c1NCC(C)C. The number of nitriles is 1. The highest BCUT2D eigenvalue weighted by Gasteiger charge is 2.24. The normalized spacial score (nSPS) is 10.6. The van der Waals surface area contributed by atoms with Gasteiger partial charge in [-0.3, -0.25) is 0 Å². The van der Waals surface area contributed by atoms with Crippen molar-refractivity contribution in [2.75, 3.05) is 19.0 Å².